The van der Waals surface area contributed by atoms with Gasteiger partial charge in [0.25, 0.3) is 0 Å². The summed E-state index contributed by atoms with van der Waals surface area (Å²) < 4.78 is 4.88. The summed E-state index contributed by atoms with van der Waals surface area (Å²) in [5.41, 5.74) is 0. The number of ether oxygens (including phenoxy) is 1. The van der Waals surface area contributed by atoms with Gasteiger partial charge in [-0.25, -0.2) is 0 Å². The highest BCUT2D eigenvalue weighted by Gasteiger charge is 2.22. The van der Waals surface area contributed by atoms with E-state index >= 15 is 0 Å². The van der Waals surface area contributed by atoms with Crippen LogP contribution in [0.4, 0.5) is 0 Å². The van der Waals surface area contributed by atoms with E-state index in [1.165, 1.54) is 0 Å². The first-order valence-electron chi connectivity index (χ1n) is 6.33. The van der Waals surface area contributed by atoms with Gasteiger partial charge in [-0.15, -0.1) is 12.4 Å². The Balaban J connectivity index is 0.00000289. The van der Waals surface area contributed by atoms with Crippen LogP contribution in [0.1, 0.15) is 33.1 Å². The summed E-state index contributed by atoms with van der Waals surface area (Å²) in [4.78, 5) is 23.1. The molecule has 2 unspecified atom stereocenters. The predicted octanol–water partition coefficient (Wildman–Crippen LogP) is 0.866. The number of nitrogens with one attached hydrogen (secondary N) is 2. The predicted molar refractivity (Wildman–Crippen MR) is 71.7 cm³/mol. The molecule has 1 amide bonds. The van der Waals surface area contributed by atoms with Crippen LogP contribution in [0, 0.1) is 5.92 Å². The van der Waals surface area contributed by atoms with E-state index in [0.717, 1.165) is 25.8 Å². The summed E-state index contributed by atoms with van der Waals surface area (Å²) in [6.07, 6.45) is 3.08. The standard InChI is InChI=1S/C12H22N2O3.ClH/c1-3-17-12(16)9(2)8-14-11(15)10-6-4-5-7-13-10;/h9-10,13H,3-8H2,1-2H3,(H,14,15);1H. The van der Waals surface area contributed by atoms with Gasteiger partial charge in [-0.05, 0) is 26.3 Å². The molecule has 1 heterocycles. The average molecular weight is 279 g/mol. The van der Waals surface area contributed by atoms with Crippen molar-refractivity contribution in [1.82, 2.24) is 10.6 Å². The first-order valence-corrected chi connectivity index (χ1v) is 6.33. The molecule has 2 N–H and O–H groups in total. The van der Waals surface area contributed by atoms with Gasteiger partial charge in [-0.3, -0.25) is 9.59 Å². The number of rotatable bonds is 5. The van der Waals surface area contributed by atoms with Crippen molar-refractivity contribution < 1.29 is 14.3 Å². The smallest absolute Gasteiger partial charge is 0.310 e. The molecule has 6 heteroatoms. The molecule has 0 radical (unpaired) electrons. The molecule has 1 aliphatic rings. The van der Waals surface area contributed by atoms with Crippen LogP contribution < -0.4 is 10.6 Å². The van der Waals surface area contributed by atoms with Crippen LogP contribution in [-0.4, -0.2) is 37.6 Å². The second-order valence-corrected chi connectivity index (χ2v) is 4.40. The third kappa shape index (κ3) is 5.69. The van der Waals surface area contributed by atoms with Crippen molar-refractivity contribution in [3.05, 3.63) is 0 Å². The van der Waals surface area contributed by atoms with Gasteiger partial charge in [0.15, 0.2) is 0 Å². The summed E-state index contributed by atoms with van der Waals surface area (Å²) in [5.74, 6) is -0.562. The van der Waals surface area contributed by atoms with Crippen LogP contribution in [0.2, 0.25) is 0 Å². The maximum absolute atomic E-state index is 11.8. The lowest BCUT2D eigenvalue weighted by Gasteiger charge is -2.23. The lowest BCUT2D eigenvalue weighted by atomic mass is 10.0. The van der Waals surface area contributed by atoms with Gasteiger partial charge in [0, 0.05) is 6.54 Å². The third-order valence-electron chi connectivity index (χ3n) is 2.90. The summed E-state index contributed by atoms with van der Waals surface area (Å²) in [7, 11) is 0. The fourth-order valence-corrected chi connectivity index (χ4v) is 1.82. The van der Waals surface area contributed by atoms with E-state index in [9.17, 15) is 9.59 Å². The number of esters is 1. The molecular formula is C12H23ClN2O3. The van der Waals surface area contributed by atoms with E-state index < -0.39 is 0 Å². The molecule has 0 aromatic carbocycles. The van der Waals surface area contributed by atoms with Gasteiger partial charge in [0.1, 0.15) is 0 Å². The molecule has 0 saturated carbocycles. The molecule has 2 atom stereocenters. The molecule has 5 nitrogen and oxygen atoms in total. The number of carbonyl (C=O) groups is 2. The monoisotopic (exact) mass is 278 g/mol. The van der Waals surface area contributed by atoms with Gasteiger partial charge >= 0.3 is 5.97 Å². The molecule has 18 heavy (non-hydrogen) atoms. The van der Waals surface area contributed by atoms with Gasteiger partial charge in [0.05, 0.1) is 18.6 Å². The minimum atomic E-state index is -0.289. The lowest BCUT2D eigenvalue weighted by molar-refractivity contribution is -0.147. The van der Waals surface area contributed by atoms with Crippen LogP contribution in [0.3, 0.4) is 0 Å². The summed E-state index contributed by atoms with van der Waals surface area (Å²) in [6.45, 7) is 5.14. The zero-order valence-electron chi connectivity index (χ0n) is 11.0. The maximum Gasteiger partial charge on any atom is 0.310 e. The van der Waals surface area contributed by atoms with Gasteiger partial charge in [-0.2, -0.15) is 0 Å². The summed E-state index contributed by atoms with van der Waals surface area (Å²) >= 11 is 0. The molecule has 1 aliphatic heterocycles. The Bertz CT molecular complexity index is 268. The van der Waals surface area contributed by atoms with Crippen LogP contribution in [0.5, 0.6) is 0 Å². The normalized spacial score (nSPS) is 20.4. The first-order chi connectivity index (χ1) is 8.15. The number of piperidine rings is 1. The summed E-state index contributed by atoms with van der Waals surface area (Å²) in [5, 5.41) is 5.96. The zero-order chi connectivity index (χ0) is 12.7. The molecule has 106 valence electrons. The van der Waals surface area contributed by atoms with Crippen LogP contribution in [-0.2, 0) is 14.3 Å². The highest BCUT2D eigenvalue weighted by atomic mass is 35.5. The van der Waals surface area contributed by atoms with E-state index in [1.807, 2.05) is 0 Å². The maximum atomic E-state index is 11.8. The van der Waals surface area contributed by atoms with Crippen LogP contribution in [0.25, 0.3) is 0 Å². The average Bonchev–Trinajstić information content (AvgIpc) is 2.36. The van der Waals surface area contributed by atoms with Crippen molar-refractivity contribution in [3.8, 4) is 0 Å². The topological polar surface area (TPSA) is 67.4 Å². The number of hydrogen-bond donors (Lipinski definition) is 2. The van der Waals surface area contributed by atoms with Gasteiger partial charge in [0.2, 0.25) is 5.91 Å². The highest BCUT2D eigenvalue weighted by molar-refractivity contribution is 5.85. The second kappa shape index (κ2) is 9.16. The summed E-state index contributed by atoms with van der Waals surface area (Å²) in [6, 6.07) is -0.0989. The van der Waals surface area contributed by atoms with Gasteiger partial charge < -0.3 is 15.4 Å². The number of hydrogen-bond acceptors (Lipinski definition) is 4. The van der Waals surface area contributed by atoms with Crippen molar-refractivity contribution in [2.45, 2.75) is 39.2 Å². The van der Waals surface area contributed by atoms with Crippen LogP contribution >= 0.6 is 12.4 Å². The van der Waals surface area contributed by atoms with Crippen molar-refractivity contribution in [1.29, 1.82) is 0 Å². The Kier molecular flexibility index (Phi) is 8.75. The molecule has 0 aliphatic carbocycles. The zero-order valence-corrected chi connectivity index (χ0v) is 11.8. The Morgan fingerprint density at radius 1 is 1.44 bits per heavy atom. The van der Waals surface area contributed by atoms with Crippen molar-refractivity contribution >= 4 is 24.3 Å². The minimum Gasteiger partial charge on any atom is -0.466 e. The largest absolute Gasteiger partial charge is 0.466 e. The van der Waals surface area contributed by atoms with Crippen molar-refractivity contribution in [3.63, 3.8) is 0 Å². The number of carbonyl (C=O) groups excluding carboxylic acids is 2. The molecule has 0 bridgehead atoms. The Morgan fingerprint density at radius 2 is 2.17 bits per heavy atom. The lowest BCUT2D eigenvalue weighted by Crippen LogP contribution is -2.48. The SMILES string of the molecule is CCOC(=O)C(C)CNC(=O)C1CCCCN1.Cl. The van der Waals surface area contributed by atoms with E-state index in [4.69, 9.17) is 4.74 Å². The molecule has 1 saturated heterocycles. The quantitative estimate of drug-likeness (QED) is 0.732. The fourth-order valence-electron chi connectivity index (χ4n) is 1.82. The van der Waals surface area contributed by atoms with Gasteiger partial charge in [-0.1, -0.05) is 13.3 Å². The van der Waals surface area contributed by atoms with Crippen molar-refractivity contribution in [2.75, 3.05) is 19.7 Å². The van der Waals surface area contributed by atoms with E-state index in [2.05, 4.69) is 10.6 Å². The number of halogens is 1. The molecular weight excluding hydrogens is 256 g/mol. The van der Waals surface area contributed by atoms with E-state index in [-0.39, 0.29) is 36.2 Å². The third-order valence-corrected chi connectivity index (χ3v) is 2.90. The second-order valence-electron chi connectivity index (χ2n) is 4.40. The van der Waals surface area contributed by atoms with E-state index in [1.54, 1.807) is 13.8 Å². The minimum absolute atomic E-state index is 0. The van der Waals surface area contributed by atoms with E-state index in [0.29, 0.717) is 13.2 Å². The number of amides is 1. The Morgan fingerprint density at radius 3 is 2.72 bits per heavy atom. The molecule has 0 aromatic rings. The van der Waals surface area contributed by atoms with Crippen LogP contribution in [0.15, 0.2) is 0 Å². The Labute approximate surface area is 114 Å². The molecule has 1 fully saturated rings. The highest BCUT2D eigenvalue weighted by Crippen LogP contribution is 2.07. The first kappa shape index (κ1) is 17.2. The molecule has 0 spiro atoms. The fraction of sp³-hybridized carbons (Fsp3) is 0.833. The molecule has 0 aromatic heterocycles. The molecule has 1 rings (SSSR count). The Hall–Kier alpha value is -0.810. The van der Waals surface area contributed by atoms with Crippen molar-refractivity contribution in [2.24, 2.45) is 5.92 Å².